The molecule has 13 heteroatoms. The summed E-state index contributed by atoms with van der Waals surface area (Å²) < 4.78 is 24.2. The lowest BCUT2D eigenvalue weighted by atomic mass is 9.96. The van der Waals surface area contributed by atoms with Crippen molar-refractivity contribution in [2.24, 2.45) is 0 Å². The Hall–Kier alpha value is -1.40. The molecule has 4 heterocycles. The molecule has 0 aromatic carbocycles. The second kappa shape index (κ2) is 6.06. The number of nitrogens with one attached hydrogen (secondary N) is 1. The number of fused-ring (bicyclic) bond motifs is 3. The van der Waals surface area contributed by atoms with Crippen LogP contribution in [0, 0.1) is 0 Å². The lowest BCUT2D eigenvalue weighted by molar-refractivity contribution is -0.172. The quantitative estimate of drug-likeness (QED) is 0.584. The number of aromatic amines is 1. The molecule has 0 radical (unpaired) electrons. The van der Waals surface area contributed by atoms with E-state index in [1.165, 1.54) is 13.4 Å². The van der Waals surface area contributed by atoms with Crippen LogP contribution >= 0.6 is 6.72 Å². The molecule has 5 atom stereocenters. The van der Waals surface area contributed by atoms with Gasteiger partial charge >= 0.3 is 6.72 Å². The number of anilines is 1. The molecule has 2 bridgehead atoms. The number of imidazole rings is 1. The second-order valence-electron chi connectivity index (χ2n) is 6.15. The highest BCUT2D eigenvalue weighted by molar-refractivity contribution is 8.07. The van der Waals surface area contributed by atoms with Crippen LogP contribution in [0.4, 0.5) is 5.95 Å². The monoisotopic (exact) mass is 403 g/mol. The fraction of sp³-hybridized carbons (Fsp3) is 0.615. The van der Waals surface area contributed by atoms with Crippen LogP contribution in [0.25, 0.3) is 11.2 Å². The van der Waals surface area contributed by atoms with Gasteiger partial charge in [0.1, 0.15) is 17.8 Å². The molecule has 26 heavy (non-hydrogen) atoms. The Morgan fingerprint density at radius 2 is 2.42 bits per heavy atom. The molecule has 2 fully saturated rings. The van der Waals surface area contributed by atoms with Gasteiger partial charge < -0.3 is 24.6 Å². The van der Waals surface area contributed by atoms with Crippen LogP contribution in [0.3, 0.4) is 0 Å². The first kappa shape index (κ1) is 18.0. The minimum absolute atomic E-state index is 0.0310. The number of H-pyrrole nitrogens is 1. The van der Waals surface area contributed by atoms with Crippen LogP contribution in [-0.4, -0.2) is 55.9 Å². The van der Waals surface area contributed by atoms with Crippen molar-refractivity contribution < 1.29 is 23.4 Å². The van der Waals surface area contributed by atoms with Gasteiger partial charge in [-0.25, -0.2) is 4.98 Å². The maximum absolute atomic E-state index is 12.0. The minimum atomic E-state index is -3.42. The van der Waals surface area contributed by atoms with E-state index < -0.39 is 36.3 Å². The number of hydrogen-bond donors (Lipinski definition) is 3. The number of rotatable bonds is 5. The van der Waals surface area contributed by atoms with E-state index in [2.05, 4.69) is 15.0 Å². The van der Waals surface area contributed by atoms with Gasteiger partial charge in [-0.15, -0.1) is 0 Å². The molecular formula is C13H18N5O6PS. The highest BCUT2D eigenvalue weighted by Crippen LogP contribution is 2.55. The minimum Gasteiger partial charge on any atom is -0.369 e. The molecule has 2 aromatic rings. The van der Waals surface area contributed by atoms with Crippen molar-refractivity contribution in [3.8, 4) is 0 Å². The van der Waals surface area contributed by atoms with Gasteiger partial charge in [0.15, 0.2) is 17.4 Å². The molecule has 4 rings (SSSR count). The molecule has 0 amide bonds. The van der Waals surface area contributed by atoms with Crippen molar-refractivity contribution in [3.05, 3.63) is 16.7 Å². The molecular weight excluding hydrogens is 385 g/mol. The van der Waals surface area contributed by atoms with Gasteiger partial charge in [0, 0.05) is 7.11 Å². The van der Waals surface area contributed by atoms with Gasteiger partial charge in [-0.1, -0.05) is 6.92 Å². The van der Waals surface area contributed by atoms with Crippen LogP contribution in [0.15, 0.2) is 11.1 Å². The summed E-state index contributed by atoms with van der Waals surface area (Å²) >= 11 is 4.98. The normalized spacial score (nSPS) is 33.0. The van der Waals surface area contributed by atoms with E-state index in [-0.39, 0.29) is 23.7 Å². The molecule has 4 N–H and O–H groups in total. The van der Waals surface area contributed by atoms with E-state index in [4.69, 9.17) is 36.1 Å². The van der Waals surface area contributed by atoms with Crippen LogP contribution in [0.1, 0.15) is 19.6 Å². The van der Waals surface area contributed by atoms with Gasteiger partial charge in [-0.3, -0.25) is 18.9 Å². The Bertz CT molecular complexity index is 964. The Kier molecular flexibility index (Phi) is 4.19. The molecule has 0 aliphatic carbocycles. The lowest BCUT2D eigenvalue weighted by Gasteiger charge is -2.31. The van der Waals surface area contributed by atoms with Crippen molar-refractivity contribution in [1.29, 1.82) is 0 Å². The smallest absolute Gasteiger partial charge is 0.324 e. The van der Waals surface area contributed by atoms with Gasteiger partial charge in [-0.2, -0.15) is 4.98 Å². The van der Waals surface area contributed by atoms with Crippen LogP contribution in [0.5, 0.6) is 0 Å². The molecule has 2 aliphatic rings. The summed E-state index contributed by atoms with van der Waals surface area (Å²) in [5.41, 5.74) is 4.81. The van der Waals surface area contributed by atoms with E-state index in [1.807, 2.05) is 6.92 Å². The summed E-state index contributed by atoms with van der Waals surface area (Å²) in [4.78, 5) is 32.7. The highest BCUT2D eigenvalue weighted by Gasteiger charge is 2.63. The zero-order chi connectivity index (χ0) is 18.7. The third-order valence-electron chi connectivity index (χ3n) is 4.77. The third-order valence-corrected chi connectivity index (χ3v) is 6.43. The average Bonchev–Trinajstić information content (AvgIpc) is 3.25. The fourth-order valence-corrected chi connectivity index (χ4v) is 4.38. The maximum atomic E-state index is 12.0. The SMILES string of the molecule is CCC12CO[C@@H](C1OP(O)(=S)OC)[C@H](n1cnc3c(=O)[nH]c(N)nc31)O2. The number of nitrogens with zero attached hydrogens (tertiary/aromatic N) is 3. The highest BCUT2D eigenvalue weighted by atomic mass is 32.5. The standard InChI is InChI=1S/C13H18N5O6PS/c1-3-13-4-22-7(8(13)24-25(20,26)21-2)11(23-13)18-5-15-6-9(18)16-12(14)17-10(6)19/h5,7-8,11H,3-4H2,1-2H3,(H,20,26)(H3,14,16,17,19)/t7-,8?,11+,13?,25?/m0/s1. The number of nitrogen functional groups attached to an aromatic ring is 1. The van der Waals surface area contributed by atoms with Crippen molar-refractivity contribution in [2.45, 2.75) is 37.4 Å². The Morgan fingerprint density at radius 1 is 1.65 bits per heavy atom. The van der Waals surface area contributed by atoms with Crippen molar-refractivity contribution in [2.75, 3.05) is 19.5 Å². The van der Waals surface area contributed by atoms with Crippen LogP contribution in [0.2, 0.25) is 0 Å². The number of aromatic nitrogens is 4. The molecule has 142 valence electrons. The zero-order valence-electron chi connectivity index (χ0n) is 14.0. The number of nitrogens with two attached hydrogens (primary N) is 1. The molecule has 2 saturated heterocycles. The first-order valence-electron chi connectivity index (χ1n) is 7.89. The number of ether oxygens (including phenoxy) is 2. The summed E-state index contributed by atoms with van der Waals surface area (Å²) in [6, 6.07) is 0. The van der Waals surface area contributed by atoms with Gasteiger partial charge in [-0.05, 0) is 18.2 Å². The Morgan fingerprint density at radius 3 is 3.12 bits per heavy atom. The Labute approximate surface area is 152 Å². The topological polar surface area (TPSA) is 147 Å². The van der Waals surface area contributed by atoms with E-state index in [9.17, 15) is 9.69 Å². The summed E-state index contributed by atoms with van der Waals surface area (Å²) in [5, 5.41) is 0. The summed E-state index contributed by atoms with van der Waals surface area (Å²) in [6.45, 7) is -1.21. The fourth-order valence-electron chi connectivity index (χ4n) is 3.42. The van der Waals surface area contributed by atoms with Gasteiger partial charge in [0.25, 0.3) is 5.56 Å². The number of hydrogen-bond acceptors (Lipinski definition) is 9. The van der Waals surface area contributed by atoms with Gasteiger partial charge in [0.2, 0.25) is 5.95 Å². The maximum Gasteiger partial charge on any atom is 0.324 e. The molecule has 11 nitrogen and oxygen atoms in total. The first-order valence-corrected chi connectivity index (χ1v) is 10.5. The molecule has 3 unspecified atom stereocenters. The molecule has 2 aromatic heterocycles. The Balaban J connectivity index is 1.76. The van der Waals surface area contributed by atoms with Crippen molar-refractivity contribution in [3.63, 3.8) is 0 Å². The molecule has 0 saturated carbocycles. The van der Waals surface area contributed by atoms with Crippen LogP contribution in [-0.2, 0) is 30.3 Å². The zero-order valence-corrected chi connectivity index (χ0v) is 15.7. The van der Waals surface area contributed by atoms with E-state index in [0.717, 1.165) is 0 Å². The average molecular weight is 403 g/mol. The summed E-state index contributed by atoms with van der Waals surface area (Å²) in [7, 11) is 1.29. The van der Waals surface area contributed by atoms with Gasteiger partial charge in [0.05, 0.1) is 12.9 Å². The molecule has 0 spiro atoms. The predicted molar refractivity (Wildman–Crippen MR) is 93.8 cm³/mol. The van der Waals surface area contributed by atoms with Crippen LogP contribution < -0.4 is 11.3 Å². The van der Waals surface area contributed by atoms with Crippen molar-refractivity contribution in [1.82, 2.24) is 19.5 Å². The summed E-state index contributed by atoms with van der Waals surface area (Å²) in [6.07, 6.45) is 0.114. The van der Waals surface area contributed by atoms with E-state index in [0.29, 0.717) is 6.42 Å². The van der Waals surface area contributed by atoms with Crippen molar-refractivity contribution >= 4 is 35.6 Å². The predicted octanol–water partition coefficient (Wildman–Crippen LogP) is 0.0266. The second-order valence-corrected chi connectivity index (χ2v) is 9.05. The molecule has 2 aliphatic heterocycles. The first-order chi connectivity index (χ1) is 12.3. The van der Waals surface area contributed by atoms with E-state index >= 15 is 0 Å². The summed E-state index contributed by atoms with van der Waals surface area (Å²) in [5.74, 6) is -0.0310. The third kappa shape index (κ3) is 2.61. The van der Waals surface area contributed by atoms with E-state index in [1.54, 1.807) is 4.57 Å². The lowest BCUT2D eigenvalue weighted by Crippen LogP contribution is -2.40. The largest absolute Gasteiger partial charge is 0.369 e.